The third kappa shape index (κ3) is 5.09. The van der Waals surface area contributed by atoms with Gasteiger partial charge in [-0.2, -0.15) is 0 Å². The van der Waals surface area contributed by atoms with E-state index in [2.05, 4.69) is 4.90 Å². The van der Waals surface area contributed by atoms with Gasteiger partial charge in [-0.15, -0.1) is 0 Å². The van der Waals surface area contributed by atoms with Gasteiger partial charge in [-0.3, -0.25) is 9.69 Å². The molecule has 6 nitrogen and oxygen atoms in total. The van der Waals surface area contributed by atoms with E-state index in [0.29, 0.717) is 45.6 Å². The second-order valence-corrected chi connectivity index (χ2v) is 8.95. The maximum Gasteiger partial charge on any atom is 0.224 e. The van der Waals surface area contributed by atoms with Crippen LogP contribution in [0.2, 0.25) is 0 Å². The number of nitrogens with two attached hydrogens (primary N) is 1. The van der Waals surface area contributed by atoms with Gasteiger partial charge in [0.2, 0.25) is 5.91 Å². The molecule has 0 bridgehead atoms. The van der Waals surface area contributed by atoms with Crippen LogP contribution in [0, 0.1) is 11.6 Å². The van der Waals surface area contributed by atoms with E-state index in [1.54, 1.807) is 7.11 Å². The number of fused-ring (bicyclic) bond motifs is 1. The molecule has 8 heteroatoms. The largest absolute Gasteiger partial charge is 0.493 e. The molecule has 34 heavy (non-hydrogen) atoms. The van der Waals surface area contributed by atoms with Gasteiger partial charge in [0.15, 0.2) is 11.6 Å². The van der Waals surface area contributed by atoms with E-state index in [1.165, 1.54) is 12.1 Å². The Labute approximate surface area is 199 Å². The van der Waals surface area contributed by atoms with Crippen molar-refractivity contribution >= 4 is 5.91 Å². The summed E-state index contributed by atoms with van der Waals surface area (Å²) in [7, 11) is 1.68. The molecule has 0 aromatic heterocycles. The number of piperazine rings is 1. The SMILES string of the molecule is CCOc1ccccc1C(OC)N1CCN(C(=O)C[C@H](N)[C@H]2CCc3cc(F)c(F)cc32)CC1. The molecule has 0 spiro atoms. The lowest BCUT2D eigenvalue weighted by atomic mass is 9.91. The Balaban J connectivity index is 1.35. The maximum absolute atomic E-state index is 13.8. The van der Waals surface area contributed by atoms with Gasteiger partial charge in [0.25, 0.3) is 0 Å². The highest BCUT2D eigenvalue weighted by Crippen LogP contribution is 2.37. The molecule has 2 aromatic rings. The number of carbonyl (C=O) groups excluding carboxylic acids is 1. The van der Waals surface area contributed by atoms with Crippen molar-refractivity contribution < 1.29 is 23.0 Å². The number of hydrogen-bond donors (Lipinski definition) is 1. The third-order valence-electron chi connectivity index (χ3n) is 6.94. The highest BCUT2D eigenvalue weighted by atomic mass is 19.2. The maximum atomic E-state index is 13.8. The second-order valence-electron chi connectivity index (χ2n) is 8.95. The van der Waals surface area contributed by atoms with Crippen LogP contribution in [0.1, 0.15) is 48.6 Å². The Morgan fingerprint density at radius 2 is 1.85 bits per heavy atom. The molecule has 0 saturated carbocycles. The fourth-order valence-electron chi connectivity index (χ4n) is 5.20. The molecular formula is C26H33F2N3O3. The number of nitrogens with zero attached hydrogens (tertiary/aromatic N) is 2. The highest BCUT2D eigenvalue weighted by molar-refractivity contribution is 5.77. The van der Waals surface area contributed by atoms with E-state index in [1.807, 2.05) is 36.1 Å². The number of rotatable bonds is 8. The molecule has 0 radical (unpaired) electrons. The van der Waals surface area contributed by atoms with Gasteiger partial charge >= 0.3 is 0 Å². The number of halogens is 2. The summed E-state index contributed by atoms with van der Waals surface area (Å²) in [5.74, 6) is -1.04. The Bertz CT molecular complexity index is 1010. The molecule has 4 rings (SSSR count). The van der Waals surface area contributed by atoms with Gasteiger partial charge in [0.1, 0.15) is 12.0 Å². The minimum Gasteiger partial charge on any atom is -0.493 e. The van der Waals surface area contributed by atoms with Crippen LogP contribution in [-0.2, 0) is 16.0 Å². The molecule has 1 amide bonds. The molecule has 1 unspecified atom stereocenters. The summed E-state index contributed by atoms with van der Waals surface area (Å²) in [6, 6.07) is 9.92. The normalized spacial score (nSPS) is 20.1. The number of amides is 1. The van der Waals surface area contributed by atoms with Crippen molar-refractivity contribution in [3.63, 3.8) is 0 Å². The first-order valence-electron chi connectivity index (χ1n) is 11.9. The minimum atomic E-state index is -0.862. The van der Waals surface area contributed by atoms with Gasteiger partial charge in [-0.1, -0.05) is 18.2 Å². The van der Waals surface area contributed by atoms with Gasteiger partial charge < -0.3 is 20.1 Å². The molecule has 2 aliphatic rings. The molecular weight excluding hydrogens is 440 g/mol. The van der Waals surface area contributed by atoms with E-state index >= 15 is 0 Å². The number of aryl methyl sites for hydroxylation is 1. The lowest BCUT2D eigenvalue weighted by Gasteiger charge is -2.39. The number of hydrogen-bond acceptors (Lipinski definition) is 5. The number of ether oxygens (including phenoxy) is 2. The summed E-state index contributed by atoms with van der Waals surface area (Å²) in [5, 5.41) is 0. The van der Waals surface area contributed by atoms with E-state index in [-0.39, 0.29) is 24.5 Å². The summed E-state index contributed by atoms with van der Waals surface area (Å²) in [6.07, 6.45) is 1.28. The lowest BCUT2D eigenvalue weighted by molar-refractivity contribution is -0.136. The second kappa shape index (κ2) is 10.8. The number of para-hydroxylation sites is 1. The molecule has 184 valence electrons. The summed E-state index contributed by atoms with van der Waals surface area (Å²) < 4.78 is 38.9. The average Bonchev–Trinajstić information content (AvgIpc) is 3.24. The standard InChI is InChI=1S/C26H33F2N3O3/c1-3-34-24-7-5-4-6-19(24)26(33-2)31-12-10-30(11-13-31)25(32)16-23(29)18-9-8-17-14-21(27)22(28)15-20(17)18/h4-7,14-15,18,23,26H,3,8-13,16,29H2,1-2H3/t18-,23-,26?/m0/s1. The molecule has 2 N–H and O–H groups in total. The zero-order chi connectivity index (χ0) is 24.2. The molecule has 1 fully saturated rings. The Kier molecular flexibility index (Phi) is 7.80. The van der Waals surface area contributed by atoms with Crippen LogP contribution in [0.5, 0.6) is 5.75 Å². The van der Waals surface area contributed by atoms with Crippen LogP contribution in [0.4, 0.5) is 8.78 Å². The quantitative estimate of drug-likeness (QED) is 0.635. The first kappa shape index (κ1) is 24.6. The fourth-order valence-corrected chi connectivity index (χ4v) is 5.20. The van der Waals surface area contributed by atoms with Crippen LogP contribution in [-0.4, -0.2) is 61.6 Å². The fraction of sp³-hybridized carbons (Fsp3) is 0.500. The Hall–Kier alpha value is -2.55. The number of benzene rings is 2. The van der Waals surface area contributed by atoms with Crippen molar-refractivity contribution in [3.05, 3.63) is 64.7 Å². The highest BCUT2D eigenvalue weighted by Gasteiger charge is 2.33. The van der Waals surface area contributed by atoms with Gasteiger partial charge in [0.05, 0.1) is 6.61 Å². The van der Waals surface area contributed by atoms with Gasteiger partial charge in [0, 0.05) is 57.2 Å². The molecule has 1 saturated heterocycles. The molecule has 1 aliphatic heterocycles. The summed E-state index contributed by atoms with van der Waals surface area (Å²) in [6.45, 7) is 5.00. The Morgan fingerprint density at radius 3 is 2.56 bits per heavy atom. The summed E-state index contributed by atoms with van der Waals surface area (Å²) >= 11 is 0. The van der Waals surface area contributed by atoms with Crippen LogP contribution in [0.3, 0.4) is 0 Å². The van der Waals surface area contributed by atoms with E-state index in [4.69, 9.17) is 15.2 Å². The molecule has 1 heterocycles. The van der Waals surface area contributed by atoms with E-state index in [9.17, 15) is 13.6 Å². The van der Waals surface area contributed by atoms with Crippen LogP contribution in [0.15, 0.2) is 36.4 Å². The van der Waals surface area contributed by atoms with Crippen LogP contribution in [0.25, 0.3) is 0 Å². The number of methoxy groups -OCH3 is 1. The van der Waals surface area contributed by atoms with E-state index in [0.717, 1.165) is 22.4 Å². The Morgan fingerprint density at radius 1 is 1.15 bits per heavy atom. The van der Waals surface area contributed by atoms with Crippen molar-refractivity contribution in [1.82, 2.24) is 9.80 Å². The summed E-state index contributed by atoms with van der Waals surface area (Å²) in [5.41, 5.74) is 8.90. The van der Waals surface area contributed by atoms with Crippen molar-refractivity contribution in [1.29, 1.82) is 0 Å². The monoisotopic (exact) mass is 473 g/mol. The van der Waals surface area contributed by atoms with Crippen molar-refractivity contribution in [2.24, 2.45) is 5.73 Å². The lowest BCUT2D eigenvalue weighted by Crippen LogP contribution is -2.51. The first-order chi connectivity index (χ1) is 16.4. The zero-order valence-corrected chi connectivity index (χ0v) is 19.8. The van der Waals surface area contributed by atoms with Crippen LogP contribution < -0.4 is 10.5 Å². The smallest absolute Gasteiger partial charge is 0.224 e. The summed E-state index contributed by atoms with van der Waals surface area (Å²) in [4.78, 5) is 17.0. The predicted octanol–water partition coefficient (Wildman–Crippen LogP) is 3.60. The number of carbonyl (C=O) groups is 1. The first-order valence-corrected chi connectivity index (χ1v) is 11.9. The average molecular weight is 474 g/mol. The predicted molar refractivity (Wildman–Crippen MR) is 126 cm³/mol. The van der Waals surface area contributed by atoms with Gasteiger partial charge in [-0.25, -0.2) is 8.78 Å². The minimum absolute atomic E-state index is 0.00753. The molecule has 2 aromatic carbocycles. The molecule has 3 atom stereocenters. The molecule has 1 aliphatic carbocycles. The third-order valence-corrected chi connectivity index (χ3v) is 6.94. The zero-order valence-electron chi connectivity index (χ0n) is 19.8. The van der Waals surface area contributed by atoms with Crippen molar-refractivity contribution in [2.45, 2.75) is 44.4 Å². The van der Waals surface area contributed by atoms with Crippen LogP contribution >= 0.6 is 0 Å². The topological polar surface area (TPSA) is 68.0 Å². The van der Waals surface area contributed by atoms with Crippen molar-refractivity contribution in [2.75, 3.05) is 39.9 Å². The van der Waals surface area contributed by atoms with Gasteiger partial charge in [-0.05, 0) is 49.1 Å². The van der Waals surface area contributed by atoms with Crippen molar-refractivity contribution in [3.8, 4) is 5.75 Å². The van der Waals surface area contributed by atoms with E-state index < -0.39 is 17.7 Å².